The maximum atomic E-state index is 5.71. The van der Waals surface area contributed by atoms with E-state index in [4.69, 9.17) is 4.74 Å². The maximum Gasteiger partial charge on any atom is 0.0886 e. The largest absolute Gasteiger partial charge is 0.384 e. The number of rotatable bonds is 4. The summed E-state index contributed by atoms with van der Waals surface area (Å²) < 4.78 is 5.71. The Morgan fingerprint density at radius 1 is 1.50 bits per heavy atom. The number of hydrogen-bond acceptors (Lipinski definition) is 2. The Labute approximate surface area is 86.3 Å². The van der Waals surface area contributed by atoms with Crippen LogP contribution in [0.3, 0.4) is 0 Å². The van der Waals surface area contributed by atoms with Crippen molar-refractivity contribution in [3.63, 3.8) is 0 Å². The third-order valence-corrected chi connectivity index (χ3v) is 2.52. The van der Waals surface area contributed by atoms with Gasteiger partial charge in [-0.1, -0.05) is 26.2 Å². The molecule has 1 aliphatic rings. The molecule has 0 bridgehead atoms. The number of ether oxygens (including phenoxy) is 1. The van der Waals surface area contributed by atoms with Gasteiger partial charge in [-0.05, 0) is 13.0 Å². The molecule has 0 spiro atoms. The highest BCUT2D eigenvalue weighted by Crippen LogP contribution is 2.24. The van der Waals surface area contributed by atoms with Gasteiger partial charge in [-0.2, -0.15) is 0 Å². The molecule has 0 aromatic carbocycles. The van der Waals surface area contributed by atoms with E-state index in [-0.39, 0.29) is 6.10 Å². The van der Waals surface area contributed by atoms with Crippen molar-refractivity contribution in [1.82, 2.24) is 5.32 Å². The van der Waals surface area contributed by atoms with Crippen LogP contribution in [-0.2, 0) is 4.74 Å². The average molecular weight is 193 g/mol. The predicted molar refractivity (Wildman–Crippen MR) is 60.0 cm³/mol. The van der Waals surface area contributed by atoms with E-state index in [2.05, 4.69) is 25.4 Å². The minimum absolute atomic E-state index is 0.159. The summed E-state index contributed by atoms with van der Waals surface area (Å²) in [6.07, 6.45) is 3.85. The molecular formula is C12H19NO. The predicted octanol–water partition coefficient (Wildman–Crippen LogP) is 2.26. The molecule has 0 radical (unpaired) electrons. The highest BCUT2D eigenvalue weighted by molar-refractivity contribution is 5.35. The van der Waals surface area contributed by atoms with Crippen molar-refractivity contribution in [2.24, 2.45) is 5.92 Å². The second-order valence-corrected chi connectivity index (χ2v) is 3.51. The third-order valence-electron chi connectivity index (χ3n) is 2.52. The minimum Gasteiger partial charge on any atom is -0.384 e. The standard InChI is InChI=1S/C12H19NO/c1-5-10-11(6-2)13-8-9(4)12(10)14-7-3/h5-6,9,12-13H,1-2,7-8H2,3-4H3. The molecule has 0 saturated carbocycles. The van der Waals surface area contributed by atoms with Crippen LogP contribution < -0.4 is 5.32 Å². The van der Waals surface area contributed by atoms with E-state index in [0.717, 1.165) is 24.4 Å². The summed E-state index contributed by atoms with van der Waals surface area (Å²) in [7, 11) is 0. The highest BCUT2D eigenvalue weighted by atomic mass is 16.5. The van der Waals surface area contributed by atoms with E-state index >= 15 is 0 Å². The van der Waals surface area contributed by atoms with Gasteiger partial charge in [-0.3, -0.25) is 0 Å². The van der Waals surface area contributed by atoms with Gasteiger partial charge in [0.05, 0.1) is 6.10 Å². The Bertz CT molecular complexity index is 255. The lowest BCUT2D eigenvalue weighted by Crippen LogP contribution is -2.38. The van der Waals surface area contributed by atoms with Crippen LogP contribution in [0.4, 0.5) is 0 Å². The molecule has 0 aromatic rings. The molecule has 1 N–H and O–H groups in total. The van der Waals surface area contributed by atoms with Crippen LogP contribution in [0.5, 0.6) is 0 Å². The first-order valence-electron chi connectivity index (χ1n) is 5.09. The van der Waals surface area contributed by atoms with Crippen LogP contribution in [-0.4, -0.2) is 19.3 Å². The van der Waals surface area contributed by atoms with Crippen LogP contribution in [0, 0.1) is 5.92 Å². The van der Waals surface area contributed by atoms with Crippen LogP contribution in [0.2, 0.25) is 0 Å². The lowest BCUT2D eigenvalue weighted by atomic mass is 9.91. The van der Waals surface area contributed by atoms with Gasteiger partial charge >= 0.3 is 0 Å². The topological polar surface area (TPSA) is 21.3 Å². The van der Waals surface area contributed by atoms with Crippen molar-refractivity contribution in [3.05, 3.63) is 36.6 Å². The van der Waals surface area contributed by atoms with Gasteiger partial charge in [0.1, 0.15) is 0 Å². The summed E-state index contributed by atoms with van der Waals surface area (Å²) in [6.45, 7) is 13.5. The van der Waals surface area contributed by atoms with Crippen LogP contribution in [0.1, 0.15) is 13.8 Å². The zero-order valence-electron chi connectivity index (χ0n) is 9.05. The van der Waals surface area contributed by atoms with Crippen LogP contribution in [0.15, 0.2) is 36.6 Å². The molecule has 0 amide bonds. The first-order valence-corrected chi connectivity index (χ1v) is 5.09. The molecule has 1 heterocycles. The molecule has 2 unspecified atom stereocenters. The molecule has 14 heavy (non-hydrogen) atoms. The zero-order chi connectivity index (χ0) is 10.6. The van der Waals surface area contributed by atoms with Crippen molar-refractivity contribution in [1.29, 1.82) is 0 Å². The summed E-state index contributed by atoms with van der Waals surface area (Å²) in [4.78, 5) is 0. The SMILES string of the molecule is C=CC1=C(C=C)C(OCC)C(C)CN1. The van der Waals surface area contributed by atoms with Crippen LogP contribution in [0.25, 0.3) is 0 Å². The number of allylic oxidation sites excluding steroid dienone is 1. The van der Waals surface area contributed by atoms with E-state index in [1.54, 1.807) is 0 Å². The van der Waals surface area contributed by atoms with Gasteiger partial charge in [0.2, 0.25) is 0 Å². The molecule has 0 fully saturated rings. The fraction of sp³-hybridized carbons (Fsp3) is 0.500. The molecular weight excluding hydrogens is 174 g/mol. The summed E-state index contributed by atoms with van der Waals surface area (Å²) in [6, 6.07) is 0. The fourth-order valence-corrected chi connectivity index (χ4v) is 1.79. The summed E-state index contributed by atoms with van der Waals surface area (Å²) >= 11 is 0. The summed E-state index contributed by atoms with van der Waals surface area (Å²) in [5, 5.41) is 3.32. The zero-order valence-corrected chi connectivity index (χ0v) is 9.05. The monoisotopic (exact) mass is 193 g/mol. The van der Waals surface area contributed by atoms with Crippen molar-refractivity contribution in [2.45, 2.75) is 20.0 Å². The second kappa shape index (κ2) is 5.01. The third kappa shape index (κ3) is 2.07. The molecule has 2 atom stereocenters. The van der Waals surface area contributed by atoms with E-state index < -0.39 is 0 Å². The summed E-state index contributed by atoms with van der Waals surface area (Å²) in [5.74, 6) is 0.478. The smallest absolute Gasteiger partial charge is 0.0886 e. The molecule has 78 valence electrons. The summed E-state index contributed by atoms with van der Waals surface area (Å²) in [5.41, 5.74) is 2.18. The maximum absolute atomic E-state index is 5.71. The van der Waals surface area contributed by atoms with E-state index in [0.29, 0.717) is 5.92 Å². The van der Waals surface area contributed by atoms with Crippen molar-refractivity contribution >= 4 is 0 Å². The normalized spacial score (nSPS) is 27.0. The van der Waals surface area contributed by atoms with Crippen LogP contribution >= 0.6 is 0 Å². The minimum atomic E-state index is 0.159. The van der Waals surface area contributed by atoms with Gasteiger partial charge in [0.15, 0.2) is 0 Å². The quantitative estimate of drug-likeness (QED) is 0.739. The lowest BCUT2D eigenvalue weighted by molar-refractivity contribution is 0.0484. The van der Waals surface area contributed by atoms with E-state index in [1.807, 2.05) is 19.1 Å². The van der Waals surface area contributed by atoms with Gasteiger partial charge in [0, 0.05) is 30.3 Å². The average Bonchev–Trinajstić information content (AvgIpc) is 2.21. The molecule has 0 aliphatic carbocycles. The molecule has 0 saturated heterocycles. The lowest BCUT2D eigenvalue weighted by Gasteiger charge is -2.32. The first kappa shape index (κ1) is 11.1. The number of nitrogens with one attached hydrogen (secondary N) is 1. The Balaban J connectivity index is 2.95. The van der Waals surface area contributed by atoms with E-state index in [9.17, 15) is 0 Å². The second-order valence-electron chi connectivity index (χ2n) is 3.51. The Kier molecular flexibility index (Phi) is 3.96. The van der Waals surface area contributed by atoms with E-state index in [1.165, 1.54) is 0 Å². The molecule has 2 heteroatoms. The van der Waals surface area contributed by atoms with Gasteiger partial charge in [0.25, 0.3) is 0 Å². The molecule has 1 rings (SSSR count). The molecule has 0 aromatic heterocycles. The van der Waals surface area contributed by atoms with Crippen molar-refractivity contribution in [3.8, 4) is 0 Å². The van der Waals surface area contributed by atoms with Gasteiger partial charge in [-0.25, -0.2) is 0 Å². The van der Waals surface area contributed by atoms with Crippen molar-refractivity contribution < 1.29 is 4.74 Å². The Hall–Kier alpha value is -1.02. The fourth-order valence-electron chi connectivity index (χ4n) is 1.79. The van der Waals surface area contributed by atoms with Gasteiger partial charge < -0.3 is 10.1 Å². The molecule has 1 aliphatic heterocycles. The van der Waals surface area contributed by atoms with Gasteiger partial charge in [-0.15, -0.1) is 0 Å². The highest BCUT2D eigenvalue weighted by Gasteiger charge is 2.26. The Morgan fingerprint density at radius 2 is 2.21 bits per heavy atom. The van der Waals surface area contributed by atoms with Crippen molar-refractivity contribution in [2.75, 3.05) is 13.2 Å². The first-order chi connectivity index (χ1) is 6.74. The Morgan fingerprint density at radius 3 is 2.71 bits per heavy atom. The molecule has 2 nitrogen and oxygen atoms in total. The number of hydrogen-bond donors (Lipinski definition) is 1.